The molecule has 0 spiro atoms. The summed E-state index contributed by atoms with van der Waals surface area (Å²) in [5, 5.41) is 5.79. The minimum absolute atomic E-state index is 0.00845. The number of hydrogen-bond donors (Lipinski definition) is 2. The molecule has 0 atom stereocenters. The maximum atomic E-state index is 13.9. The molecule has 0 bridgehead atoms. The Labute approximate surface area is 158 Å². The van der Waals surface area contributed by atoms with E-state index in [0.717, 1.165) is 5.69 Å². The average molecular weight is 370 g/mol. The van der Waals surface area contributed by atoms with Crippen LogP contribution >= 0.6 is 0 Å². The molecule has 1 heterocycles. The molecule has 0 unspecified atom stereocenters. The second kappa shape index (κ2) is 8.53. The van der Waals surface area contributed by atoms with E-state index >= 15 is 0 Å². The Balaban J connectivity index is 1.47. The fraction of sp³-hybridized carbons (Fsp3) is 0.300. The van der Waals surface area contributed by atoms with Gasteiger partial charge in [0.25, 0.3) is 0 Å². The Hall–Kier alpha value is -3.09. The number of benzene rings is 2. The van der Waals surface area contributed by atoms with Gasteiger partial charge in [-0.05, 0) is 36.4 Å². The normalized spacial score (nSPS) is 14.0. The van der Waals surface area contributed by atoms with E-state index in [1.807, 2.05) is 23.1 Å². The highest BCUT2D eigenvalue weighted by atomic mass is 19.1. The summed E-state index contributed by atoms with van der Waals surface area (Å²) in [5.74, 6) is -0.351. The molecule has 2 aromatic carbocycles. The van der Waals surface area contributed by atoms with Crippen LogP contribution in [0.15, 0.2) is 48.5 Å². The van der Waals surface area contributed by atoms with Crippen molar-refractivity contribution in [2.24, 2.45) is 0 Å². The molecule has 0 saturated carbocycles. The first-order valence-electron chi connectivity index (χ1n) is 8.92. The molecule has 27 heavy (non-hydrogen) atoms. The molecule has 3 rings (SSSR count). The molecule has 6 nitrogen and oxygen atoms in total. The van der Waals surface area contributed by atoms with Gasteiger partial charge in [-0.2, -0.15) is 0 Å². The number of rotatable bonds is 5. The maximum Gasteiger partial charge on any atom is 0.241 e. The molecule has 2 amide bonds. The fourth-order valence-electron chi connectivity index (χ4n) is 3.07. The topological polar surface area (TPSA) is 64.7 Å². The Morgan fingerprint density at radius 3 is 2.22 bits per heavy atom. The summed E-state index contributed by atoms with van der Waals surface area (Å²) < 4.78 is 13.9. The van der Waals surface area contributed by atoms with Gasteiger partial charge in [0.1, 0.15) is 5.82 Å². The largest absolute Gasteiger partial charge is 0.376 e. The van der Waals surface area contributed by atoms with E-state index in [2.05, 4.69) is 10.6 Å². The molecule has 0 radical (unpaired) electrons. The molecule has 0 aliphatic carbocycles. The van der Waals surface area contributed by atoms with Gasteiger partial charge in [0.05, 0.1) is 12.2 Å². The molecule has 1 aliphatic rings. The van der Waals surface area contributed by atoms with Crippen molar-refractivity contribution in [1.29, 1.82) is 0 Å². The van der Waals surface area contributed by atoms with E-state index in [-0.39, 0.29) is 24.2 Å². The molecule has 7 heteroatoms. The van der Waals surface area contributed by atoms with Crippen LogP contribution < -0.4 is 15.5 Å². The predicted octanol–water partition coefficient (Wildman–Crippen LogP) is 2.54. The lowest BCUT2D eigenvalue weighted by Gasteiger charge is -2.36. The Morgan fingerprint density at radius 2 is 1.59 bits per heavy atom. The molecular weight excluding hydrogens is 347 g/mol. The second-order valence-electron chi connectivity index (χ2n) is 6.43. The van der Waals surface area contributed by atoms with Gasteiger partial charge in [0, 0.05) is 44.5 Å². The van der Waals surface area contributed by atoms with Crippen molar-refractivity contribution in [2.45, 2.75) is 6.92 Å². The lowest BCUT2D eigenvalue weighted by Crippen LogP contribution is -2.50. The number of carbonyl (C=O) groups is 2. The standard InChI is InChI=1S/C20H23FN4O2/c1-15(26)23-17-8-6-16(7-9-17)22-14-20(27)25-12-10-24(11-13-25)19-5-3-2-4-18(19)21/h2-9,22H,10-14H2,1H3,(H,23,26). The van der Waals surface area contributed by atoms with Gasteiger partial charge in [-0.15, -0.1) is 0 Å². The number of amides is 2. The summed E-state index contributed by atoms with van der Waals surface area (Å²) in [6.45, 7) is 4.00. The minimum Gasteiger partial charge on any atom is -0.376 e. The third kappa shape index (κ3) is 4.97. The van der Waals surface area contributed by atoms with Gasteiger partial charge in [-0.25, -0.2) is 4.39 Å². The number of para-hydroxylation sites is 1. The Bertz CT molecular complexity index is 802. The van der Waals surface area contributed by atoms with Crippen LogP contribution in [-0.2, 0) is 9.59 Å². The zero-order valence-corrected chi connectivity index (χ0v) is 15.2. The quantitative estimate of drug-likeness (QED) is 0.849. The number of nitrogens with one attached hydrogen (secondary N) is 2. The summed E-state index contributed by atoms with van der Waals surface area (Å²) in [4.78, 5) is 27.2. The highest BCUT2D eigenvalue weighted by Gasteiger charge is 2.22. The van der Waals surface area contributed by atoms with Crippen LogP contribution in [0.5, 0.6) is 0 Å². The molecular formula is C20H23FN4O2. The molecule has 1 fully saturated rings. The highest BCUT2D eigenvalue weighted by molar-refractivity contribution is 5.89. The lowest BCUT2D eigenvalue weighted by molar-refractivity contribution is -0.129. The fourth-order valence-corrected chi connectivity index (χ4v) is 3.07. The molecule has 142 valence electrons. The molecule has 1 saturated heterocycles. The summed E-state index contributed by atoms with van der Waals surface area (Å²) in [6.07, 6.45) is 0. The monoisotopic (exact) mass is 370 g/mol. The van der Waals surface area contributed by atoms with Gasteiger partial charge >= 0.3 is 0 Å². The first-order chi connectivity index (χ1) is 13.0. The maximum absolute atomic E-state index is 13.9. The van der Waals surface area contributed by atoms with Gasteiger partial charge in [-0.3, -0.25) is 9.59 Å². The van der Waals surface area contributed by atoms with Gasteiger partial charge < -0.3 is 20.4 Å². The van der Waals surface area contributed by atoms with E-state index in [4.69, 9.17) is 0 Å². The van der Waals surface area contributed by atoms with Crippen molar-refractivity contribution in [2.75, 3.05) is 48.3 Å². The van der Waals surface area contributed by atoms with Gasteiger partial charge in [0.15, 0.2) is 0 Å². The Kier molecular flexibility index (Phi) is 5.90. The number of halogens is 1. The van der Waals surface area contributed by atoms with E-state index < -0.39 is 0 Å². The third-order valence-corrected chi connectivity index (χ3v) is 4.47. The highest BCUT2D eigenvalue weighted by Crippen LogP contribution is 2.20. The first-order valence-corrected chi connectivity index (χ1v) is 8.92. The van der Waals surface area contributed by atoms with Crippen LogP contribution in [-0.4, -0.2) is 49.4 Å². The zero-order chi connectivity index (χ0) is 19.2. The van der Waals surface area contributed by atoms with E-state index in [0.29, 0.717) is 37.6 Å². The molecule has 2 aromatic rings. The first kappa shape index (κ1) is 18.7. The zero-order valence-electron chi connectivity index (χ0n) is 15.2. The summed E-state index contributed by atoms with van der Waals surface area (Å²) in [6, 6.07) is 13.9. The third-order valence-electron chi connectivity index (χ3n) is 4.47. The van der Waals surface area contributed by atoms with Crippen molar-refractivity contribution in [1.82, 2.24) is 4.90 Å². The molecule has 2 N–H and O–H groups in total. The van der Waals surface area contributed by atoms with Crippen LogP contribution in [0.1, 0.15) is 6.92 Å². The van der Waals surface area contributed by atoms with Crippen molar-refractivity contribution in [3.05, 3.63) is 54.3 Å². The van der Waals surface area contributed by atoms with Crippen LogP contribution in [0.2, 0.25) is 0 Å². The van der Waals surface area contributed by atoms with E-state index in [1.165, 1.54) is 13.0 Å². The van der Waals surface area contributed by atoms with Crippen LogP contribution in [0.25, 0.3) is 0 Å². The number of nitrogens with zero attached hydrogens (tertiary/aromatic N) is 2. The number of hydrogen-bond acceptors (Lipinski definition) is 4. The van der Waals surface area contributed by atoms with Crippen LogP contribution in [0, 0.1) is 5.82 Å². The average Bonchev–Trinajstić information content (AvgIpc) is 2.67. The number of carbonyl (C=O) groups excluding carboxylic acids is 2. The van der Waals surface area contributed by atoms with E-state index in [9.17, 15) is 14.0 Å². The predicted molar refractivity (Wildman–Crippen MR) is 104 cm³/mol. The smallest absolute Gasteiger partial charge is 0.241 e. The number of piperazine rings is 1. The molecule has 1 aliphatic heterocycles. The number of anilines is 3. The van der Waals surface area contributed by atoms with Crippen LogP contribution in [0.3, 0.4) is 0 Å². The second-order valence-corrected chi connectivity index (χ2v) is 6.43. The van der Waals surface area contributed by atoms with Gasteiger partial charge in [0.2, 0.25) is 11.8 Å². The van der Waals surface area contributed by atoms with Crippen molar-refractivity contribution < 1.29 is 14.0 Å². The summed E-state index contributed by atoms with van der Waals surface area (Å²) in [5.41, 5.74) is 2.10. The molecule has 0 aromatic heterocycles. The summed E-state index contributed by atoms with van der Waals surface area (Å²) in [7, 11) is 0. The Morgan fingerprint density at radius 1 is 0.963 bits per heavy atom. The van der Waals surface area contributed by atoms with Crippen molar-refractivity contribution in [3.63, 3.8) is 0 Å². The van der Waals surface area contributed by atoms with E-state index in [1.54, 1.807) is 29.2 Å². The minimum atomic E-state index is -0.235. The van der Waals surface area contributed by atoms with Crippen molar-refractivity contribution >= 4 is 28.9 Å². The lowest BCUT2D eigenvalue weighted by atomic mass is 10.2. The van der Waals surface area contributed by atoms with Crippen molar-refractivity contribution in [3.8, 4) is 0 Å². The SMILES string of the molecule is CC(=O)Nc1ccc(NCC(=O)N2CCN(c3ccccc3F)CC2)cc1. The summed E-state index contributed by atoms with van der Waals surface area (Å²) >= 11 is 0. The van der Waals surface area contributed by atoms with Crippen LogP contribution in [0.4, 0.5) is 21.5 Å². The van der Waals surface area contributed by atoms with Gasteiger partial charge in [-0.1, -0.05) is 12.1 Å².